The van der Waals surface area contributed by atoms with Crippen LogP contribution >= 0.6 is 0 Å². The summed E-state index contributed by atoms with van der Waals surface area (Å²) < 4.78 is 10.3. The van der Waals surface area contributed by atoms with E-state index in [0.717, 1.165) is 18.5 Å². The van der Waals surface area contributed by atoms with Gasteiger partial charge in [-0.15, -0.1) is 0 Å². The van der Waals surface area contributed by atoms with Gasteiger partial charge in [0.1, 0.15) is 0 Å². The molecule has 1 fully saturated rings. The minimum atomic E-state index is 0.130. The summed E-state index contributed by atoms with van der Waals surface area (Å²) in [6, 6.07) is 3.97. The predicted octanol–water partition coefficient (Wildman–Crippen LogP) is 1.83. The molecule has 16 heavy (non-hydrogen) atoms. The molecule has 0 saturated carbocycles. The maximum Gasteiger partial charge on any atom is 0.203 e. The monoisotopic (exact) mass is 223 g/mol. The van der Waals surface area contributed by atoms with Gasteiger partial charge in [-0.1, -0.05) is 0 Å². The van der Waals surface area contributed by atoms with Crippen molar-refractivity contribution in [3.05, 3.63) is 17.7 Å². The number of hydrogen-bond acceptors (Lipinski definition) is 4. The maximum atomic E-state index is 9.83. The molecule has 1 saturated heterocycles. The molecule has 2 N–H and O–H groups in total. The largest absolute Gasteiger partial charge is 0.504 e. The fourth-order valence-corrected chi connectivity index (χ4v) is 2.14. The summed E-state index contributed by atoms with van der Waals surface area (Å²) in [5.41, 5.74) is 1.05. The Balaban J connectivity index is 2.36. The van der Waals surface area contributed by atoms with Crippen molar-refractivity contribution in [2.24, 2.45) is 0 Å². The Bertz CT molecular complexity index is 373. The third kappa shape index (κ3) is 1.93. The highest BCUT2D eigenvalue weighted by atomic mass is 16.5. The number of methoxy groups -OCH3 is 2. The van der Waals surface area contributed by atoms with Crippen molar-refractivity contribution in [1.29, 1.82) is 0 Å². The van der Waals surface area contributed by atoms with Gasteiger partial charge in [-0.3, -0.25) is 0 Å². The summed E-state index contributed by atoms with van der Waals surface area (Å²) in [6.07, 6.45) is 2.26. The first-order valence-electron chi connectivity index (χ1n) is 5.44. The number of nitrogens with one attached hydrogen (secondary N) is 1. The van der Waals surface area contributed by atoms with Crippen molar-refractivity contribution in [1.82, 2.24) is 5.32 Å². The molecule has 0 amide bonds. The molecule has 88 valence electrons. The summed E-state index contributed by atoms with van der Waals surface area (Å²) in [4.78, 5) is 0. The second-order valence-electron chi connectivity index (χ2n) is 3.92. The van der Waals surface area contributed by atoms with Crippen molar-refractivity contribution >= 4 is 0 Å². The van der Waals surface area contributed by atoms with E-state index in [2.05, 4.69) is 5.32 Å². The zero-order valence-corrected chi connectivity index (χ0v) is 9.62. The van der Waals surface area contributed by atoms with E-state index in [1.54, 1.807) is 13.2 Å². The standard InChI is InChI=1S/C12H17NO3/c1-15-11-7-8(9-4-3-5-13-9)6-10(14)12(11)16-2/h6-7,9,13-14H,3-5H2,1-2H3/t9-/m1/s1. The van der Waals surface area contributed by atoms with E-state index in [4.69, 9.17) is 9.47 Å². The molecule has 0 bridgehead atoms. The molecule has 0 unspecified atom stereocenters. The second-order valence-corrected chi connectivity index (χ2v) is 3.92. The molecule has 1 aromatic carbocycles. The van der Waals surface area contributed by atoms with Gasteiger partial charge in [-0.05, 0) is 37.1 Å². The van der Waals surface area contributed by atoms with Gasteiger partial charge in [-0.2, -0.15) is 0 Å². The molecule has 4 heteroatoms. The van der Waals surface area contributed by atoms with Gasteiger partial charge in [-0.25, -0.2) is 0 Å². The van der Waals surface area contributed by atoms with Gasteiger partial charge in [0, 0.05) is 6.04 Å². The Hall–Kier alpha value is -1.42. The van der Waals surface area contributed by atoms with Gasteiger partial charge in [0.05, 0.1) is 14.2 Å². The third-order valence-electron chi connectivity index (χ3n) is 2.94. The van der Waals surface area contributed by atoms with Crippen molar-refractivity contribution in [3.63, 3.8) is 0 Å². The molecule has 0 spiro atoms. The summed E-state index contributed by atoms with van der Waals surface area (Å²) in [5.74, 6) is 1.10. The highest BCUT2D eigenvalue weighted by Crippen LogP contribution is 2.40. The van der Waals surface area contributed by atoms with Crippen molar-refractivity contribution in [3.8, 4) is 17.2 Å². The highest BCUT2D eigenvalue weighted by molar-refractivity contribution is 5.53. The van der Waals surface area contributed by atoms with Gasteiger partial charge in [0.15, 0.2) is 11.5 Å². The number of aromatic hydroxyl groups is 1. The highest BCUT2D eigenvalue weighted by Gasteiger charge is 2.20. The normalized spacial score (nSPS) is 19.8. The van der Waals surface area contributed by atoms with Crippen molar-refractivity contribution in [2.75, 3.05) is 20.8 Å². The van der Waals surface area contributed by atoms with Crippen LogP contribution < -0.4 is 14.8 Å². The van der Waals surface area contributed by atoms with Crippen LogP contribution in [-0.2, 0) is 0 Å². The van der Waals surface area contributed by atoms with E-state index in [9.17, 15) is 5.11 Å². The van der Waals surface area contributed by atoms with Crippen LogP contribution in [0.2, 0.25) is 0 Å². The SMILES string of the molecule is COc1cc([C@H]2CCCN2)cc(O)c1OC. The summed E-state index contributed by atoms with van der Waals surface area (Å²) >= 11 is 0. The Morgan fingerprint density at radius 3 is 2.69 bits per heavy atom. The Kier molecular flexibility index (Phi) is 3.19. The van der Waals surface area contributed by atoms with Gasteiger partial charge >= 0.3 is 0 Å². The minimum Gasteiger partial charge on any atom is -0.504 e. The molecule has 1 atom stereocenters. The summed E-state index contributed by atoms with van der Waals surface area (Å²) in [6.45, 7) is 1.03. The van der Waals surface area contributed by atoms with E-state index in [0.29, 0.717) is 17.5 Å². The molecular weight excluding hydrogens is 206 g/mol. The fraction of sp³-hybridized carbons (Fsp3) is 0.500. The first-order valence-corrected chi connectivity index (χ1v) is 5.44. The number of phenols is 1. The molecule has 1 aliphatic heterocycles. The Morgan fingerprint density at radius 1 is 1.31 bits per heavy atom. The fourth-order valence-electron chi connectivity index (χ4n) is 2.14. The average molecular weight is 223 g/mol. The molecule has 0 radical (unpaired) electrons. The lowest BCUT2D eigenvalue weighted by molar-refractivity contribution is 0.332. The van der Waals surface area contributed by atoms with Crippen LogP contribution in [-0.4, -0.2) is 25.9 Å². The van der Waals surface area contributed by atoms with Crippen LogP contribution in [0.1, 0.15) is 24.4 Å². The van der Waals surface area contributed by atoms with Gasteiger partial charge in [0.2, 0.25) is 5.75 Å². The van der Waals surface area contributed by atoms with E-state index in [1.165, 1.54) is 13.5 Å². The lowest BCUT2D eigenvalue weighted by atomic mass is 10.0. The molecule has 1 heterocycles. The van der Waals surface area contributed by atoms with Crippen LogP contribution in [0.3, 0.4) is 0 Å². The molecule has 1 aliphatic rings. The summed E-state index contributed by atoms with van der Waals surface area (Å²) in [7, 11) is 3.09. The lowest BCUT2D eigenvalue weighted by Gasteiger charge is -2.15. The van der Waals surface area contributed by atoms with Crippen molar-refractivity contribution < 1.29 is 14.6 Å². The Labute approximate surface area is 95.2 Å². The first-order chi connectivity index (χ1) is 7.76. The number of ether oxygens (including phenoxy) is 2. The lowest BCUT2D eigenvalue weighted by Crippen LogP contribution is -2.12. The van der Waals surface area contributed by atoms with E-state index in [1.807, 2.05) is 6.07 Å². The minimum absolute atomic E-state index is 0.130. The van der Waals surface area contributed by atoms with Crippen LogP contribution in [0, 0.1) is 0 Å². The quantitative estimate of drug-likeness (QED) is 0.821. The second kappa shape index (κ2) is 4.61. The Morgan fingerprint density at radius 2 is 2.12 bits per heavy atom. The summed E-state index contributed by atoms with van der Waals surface area (Å²) in [5, 5.41) is 13.2. The van der Waals surface area contributed by atoms with Crippen LogP contribution in [0.15, 0.2) is 12.1 Å². The molecule has 0 aliphatic carbocycles. The van der Waals surface area contributed by atoms with Crippen molar-refractivity contribution in [2.45, 2.75) is 18.9 Å². The van der Waals surface area contributed by atoms with Gasteiger partial charge in [0.25, 0.3) is 0 Å². The number of benzene rings is 1. The zero-order valence-electron chi connectivity index (χ0n) is 9.62. The average Bonchev–Trinajstić information content (AvgIpc) is 2.81. The molecule has 1 aromatic rings. The smallest absolute Gasteiger partial charge is 0.203 e. The molecule has 4 nitrogen and oxygen atoms in total. The third-order valence-corrected chi connectivity index (χ3v) is 2.94. The number of hydrogen-bond donors (Lipinski definition) is 2. The molecule has 0 aromatic heterocycles. The van der Waals surface area contributed by atoms with E-state index in [-0.39, 0.29) is 5.75 Å². The van der Waals surface area contributed by atoms with E-state index < -0.39 is 0 Å². The molecule has 2 rings (SSSR count). The predicted molar refractivity (Wildman–Crippen MR) is 61.2 cm³/mol. The first kappa shape index (κ1) is 11.1. The van der Waals surface area contributed by atoms with E-state index >= 15 is 0 Å². The number of phenolic OH excluding ortho intramolecular Hbond substituents is 1. The van der Waals surface area contributed by atoms with Crippen LogP contribution in [0.4, 0.5) is 0 Å². The van der Waals surface area contributed by atoms with Gasteiger partial charge < -0.3 is 19.9 Å². The topological polar surface area (TPSA) is 50.7 Å². The maximum absolute atomic E-state index is 9.83. The number of rotatable bonds is 3. The van der Waals surface area contributed by atoms with Crippen LogP contribution in [0.25, 0.3) is 0 Å². The molecular formula is C12H17NO3. The zero-order chi connectivity index (χ0) is 11.5. The van der Waals surface area contributed by atoms with Crippen LogP contribution in [0.5, 0.6) is 17.2 Å².